The number of aromatic nitrogens is 2. The molecule has 0 atom stereocenters. The van der Waals surface area contributed by atoms with Crippen LogP contribution in [0.4, 0.5) is 4.79 Å². The third-order valence-corrected chi connectivity index (χ3v) is 5.12. The standard InChI is InChI=1S/C15H16N4O12S2.K.2Na/c20-10-8(12(22)18(14(24)16-10)4-6-32-31-30-26)2-1-3-9-11(21)17-15(25)19(13(9)23)5-7-33(27,28)29;;;/h1-3,23,26H,4-7H2,(H,16,20,24)(H,17,21,25)(H,27,28,29);;;/q;3*+1/p-3. The second-order valence-corrected chi connectivity index (χ2v) is 8.31. The summed E-state index contributed by atoms with van der Waals surface area (Å²) in [5.74, 6) is -4.47. The summed E-state index contributed by atoms with van der Waals surface area (Å²) in [4.78, 5) is 62.2. The Balaban J connectivity index is 0. The zero-order valence-electron chi connectivity index (χ0n) is 19.2. The first-order valence-electron chi connectivity index (χ1n) is 8.57. The van der Waals surface area contributed by atoms with E-state index in [0.29, 0.717) is 21.5 Å². The first kappa shape index (κ1) is 38.5. The van der Waals surface area contributed by atoms with Crippen LogP contribution in [0.1, 0.15) is 5.56 Å². The number of imide groups is 2. The minimum atomic E-state index is -4.76. The number of barbiturate groups is 1. The summed E-state index contributed by atoms with van der Waals surface area (Å²) >= 11 is 0.494. The number of amides is 4. The zero-order valence-corrected chi connectivity index (χ0v) is 27.9. The molecule has 1 aliphatic heterocycles. The van der Waals surface area contributed by atoms with Crippen LogP contribution < -0.4 is 137 Å². The van der Waals surface area contributed by atoms with Crippen LogP contribution >= 0.6 is 12.0 Å². The topological polar surface area (TPSA) is 243 Å². The molecule has 0 saturated carbocycles. The van der Waals surface area contributed by atoms with Gasteiger partial charge in [0.2, 0.25) is 0 Å². The van der Waals surface area contributed by atoms with Crippen LogP contribution in [0.2, 0.25) is 0 Å². The molecule has 1 fully saturated rings. The monoisotopic (exact) mass is 590 g/mol. The molecule has 21 heteroatoms. The molecule has 4 amide bonds. The number of carbonyl (C=O) groups excluding carboxylic acids is 3. The van der Waals surface area contributed by atoms with Gasteiger partial charge in [0.05, 0.1) is 15.9 Å². The number of hydrogen-bond donors (Lipinski definition) is 2. The van der Waals surface area contributed by atoms with Gasteiger partial charge < -0.3 is 19.5 Å². The van der Waals surface area contributed by atoms with Crippen molar-refractivity contribution in [3.63, 3.8) is 0 Å². The quantitative estimate of drug-likeness (QED) is 0.0376. The molecular weight excluding hydrogens is 577 g/mol. The molecule has 1 aromatic rings. The average molecular weight is 590 g/mol. The van der Waals surface area contributed by atoms with E-state index in [2.05, 4.69) is 9.37 Å². The minimum Gasteiger partial charge on any atom is -0.859 e. The number of urea groups is 1. The fraction of sp³-hybridized carbons (Fsp3) is 0.267. The molecule has 0 radical (unpaired) electrons. The van der Waals surface area contributed by atoms with Crippen LogP contribution in [0.3, 0.4) is 0 Å². The van der Waals surface area contributed by atoms with E-state index in [-0.39, 0.29) is 123 Å². The molecule has 0 spiro atoms. The van der Waals surface area contributed by atoms with E-state index in [1.807, 2.05) is 5.32 Å². The van der Waals surface area contributed by atoms with Crippen molar-refractivity contribution in [1.29, 1.82) is 0 Å². The first-order chi connectivity index (χ1) is 15.5. The predicted octanol–water partition coefficient (Wildman–Crippen LogP) is -12.9. The van der Waals surface area contributed by atoms with Gasteiger partial charge >= 0.3 is 122 Å². The fourth-order valence-corrected chi connectivity index (χ4v) is 3.23. The Labute approximate surface area is 293 Å². The molecule has 1 aromatic heterocycles. The fourth-order valence-electron chi connectivity index (χ4n) is 2.46. The van der Waals surface area contributed by atoms with E-state index in [0.717, 1.165) is 18.2 Å². The third-order valence-electron chi connectivity index (χ3n) is 3.94. The summed E-state index contributed by atoms with van der Waals surface area (Å²) in [6, 6.07) is -1.03. The SMILES string of the molecule is O=C1NC(=O)N(CCSOO[O-])C(=O)C1=CC=Cc1c([O-])n(CCS(=O)(=O)[O-])c(=O)[nH]c1=O.[K+].[Na+].[Na+]. The van der Waals surface area contributed by atoms with E-state index in [4.69, 9.17) is 0 Å². The number of rotatable bonds is 10. The number of nitrogens with one attached hydrogen (secondary N) is 2. The largest absolute Gasteiger partial charge is 1.00 e. The Kier molecular flexibility index (Phi) is 19.1. The van der Waals surface area contributed by atoms with E-state index >= 15 is 0 Å². The van der Waals surface area contributed by atoms with Gasteiger partial charge in [-0.3, -0.25) is 34.6 Å². The Bertz CT molecular complexity index is 1250. The predicted molar refractivity (Wildman–Crippen MR) is 102 cm³/mol. The molecule has 36 heavy (non-hydrogen) atoms. The van der Waals surface area contributed by atoms with Crippen LogP contribution in [0.25, 0.3) is 6.08 Å². The molecule has 2 N–H and O–H groups in total. The van der Waals surface area contributed by atoms with Gasteiger partial charge in [-0.15, -0.1) is 0 Å². The van der Waals surface area contributed by atoms with Crippen LogP contribution in [-0.2, 0) is 35.6 Å². The molecule has 180 valence electrons. The van der Waals surface area contributed by atoms with Crippen molar-refractivity contribution in [2.45, 2.75) is 6.54 Å². The van der Waals surface area contributed by atoms with Crippen molar-refractivity contribution in [2.75, 3.05) is 18.1 Å². The third kappa shape index (κ3) is 11.2. The number of aromatic amines is 1. The van der Waals surface area contributed by atoms with E-state index in [1.54, 1.807) is 4.98 Å². The number of nitrogens with zero attached hydrogens (tertiary/aromatic N) is 2. The van der Waals surface area contributed by atoms with E-state index in [1.165, 1.54) is 0 Å². The van der Waals surface area contributed by atoms with Gasteiger partial charge in [-0.1, -0.05) is 6.08 Å². The van der Waals surface area contributed by atoms with Crippen molar-refractivity contribution in [3.05, 3.63) is 44.1 Å². The van der Waals surface area contributed by atoms with E-state index in [9.17, 15) is 47.3 Å². The maximum Gasteiger partial charge on any atom is 1.00 e. The van der Waals surface area contributed by atoms with Gasteiger partial charge in [0.1, 0.15) is 5.57 Å². The van der Waals surface area contributed by atoms with Gasteiger partial charge in [0.15, 0.2) is 0 Å². The van der Waals surface area contributed by atoms with Gasteiger partial charge in [-0.25, -0.2) is 18.0 Å². The summed E-state index contributed by atoms with van der Waals surface area (Å²) < 4.78 is 36.6. The van der Waals surface area contributed by atoms with Crippen LogP contribution in [0.5, 0.6) is 5.88 Å². The second-order valence-electron chi connectivity index (χ2n) is 6.01. The van der Waals surface area contributed by atoms with Crippen molar-refractivity contribution in [3.8, 4) is 5.88 Å². The number of hydrogen-bond acceptors (Lipinski definition) is 13. The van der Waals surface area contributed by atoms with Crippen molar-refractivity contribution >= 4 is 46.1 Å². The molecule has 0 unspecified atom stereocenters. The molecule has 1 aliphatic rings. The second kappa shape index (κ2) is 17.8. The van der Waals surface area contributed by atoms with Crippen molar-refractivity contribution in [1.82, 2.24) is 19.8 Å². The first-order valence-corrected chi connectivity index (χ1v) is 11.1. The number of carbonyl (C=O) groups is 3. The van der Waals surface area contributed by atoms with Crippen LogP contribution in [-0.4, -0.2) is 63.3 Å². The van der Waals surface area contributed by atoms with Crippen LogP contribution in [0.15, 0.2) is 27.3 Å². The summed E-state index contributed by atoms with van der Waals surface area (Å²) in [7, 11) is -4.76. The zero-order chi connectivity index (χ0) is 24.8. The minimum absolute atomic E-state index is 0. The molecule has 2 heterocycles. The normalized spacial score (nSPS) is 14.8. The molecular formula is C15H13KN4Na2O12S2. The average Bonchev–Trinajstić information content (AvgIpc) is 2.70. The van der Waals surface area contributed by atoms with Gasteiger partial charge in [-0.05, 0) is 18.0 Å². The summed E-state index contributed by atoms with van der Waals surface area (Å²) in [6.07, 6.45) is 2.67. The van der Waals surface area contributed by atoms with Crippen LogP contribution in [0, 0.1) is 0 Å². The summed E-state index contributed by atoms with van der Waals surface area (Å²) in [6.45, 7) is -1.08. The molecule has 0 aliphatic carbocycles. The summed E-state index contributed by atoms with van der Waals surface area (Å²) in [5.41, 5.74) is -3.58. The molecule has 16 nitrogen and oxygen atoms in total. The molecule has 2 rings (SSSR count). The molecule has 0 bridgehead atoms. The Hall–Kier alpha value is 0.346. The molecule has 0 aromatic carbocycles. The maximum atomic E-state index is 12.4. The molecule has 1 saturated heterocycles. The Morgan fingerprint density at radius 1 is 1.08 bits per heavy atom. The van der Waals surface area contributed by atoms with Crippen molar-refractivity contribution < 1.29 is 158 Å². The smallest absolute Gasteiger partial charge is 0.859 e. The van der Waals surface area contributed by atoms with E-state index < -0.39 is 68.5 Å². The maximum absolute atomic E-state index is 12.4. The van der Waals surface area contributed by atoms with Crippen molar-refractivity contribution in [2.24, 2.45) is 0 Å². The Morgan fingerprint density at radius 2 is 1.72 bits per heavy atom. The van der Waals surface area contributed by atoms with Gasteiger partial charge in [0, 0.05) is 36.4 Å². The van der Waals surface area contributed by atoms with Gasteiger partial charge in [0.25, 0.3) is 17.4 Å². The van der Waals surface area contributed by atoms with Gasteiger partial charge in [-0.2, -0.15) is 4.33 Å². The Morgan fingerprint density at radius 3 is 2.31 bits per heavy atom. The number of allylic oxidation sites excluding steroid dienone is 2. The number of H-pyrrole nitrogens is 1. The summed E-state index contributed by atoms with van der Waals surface area (Å²) in [5, 5.41) is 27.1.